The molecule has 3 rings (SSSR count). The fourth-order valence-electron chi connectivity index (χ4n) is 2.22. The first-order valence-corrected chi connectivity index (χ1v) is 6.54. The Morgan fingerprint density at radius 2 is 1.76 bits per heavy atom. The SMILES string of the molecule is Cc1c(Nc2cncnc2)c(=O)n(-c2ccccc2)n1C. The lowest BCUT2D eigenvalue weighted by Gasteiger charge is -2.07. The zero-order valence-electron chi connectivity index (χ0n) is 11.8. The molecule has 0 saturated heterocycles. The molecule has 6 heteroatoms. The van der Waals surface area contributed by atoms with E-state index in [4.69, 9.17) is 0 Å². The van der Waals surface area contributed by atoms with Gasteiger partial charge in [-0.2, -0.15) is 0 Å². The van der Waals surface area contributed by atoms with Crippen LogP contribution < -0.4 is 10.9 Å². The normalized spacial score (nSPS) is 10.6. The van der Waals surface area contributed by atoms with E-state index in [0.29, 0.717) is 11.4 Å². The Balaban J connectivity index is 2.10. The monoisotopic (exact) mass is 281 g/mol. The van der Waals surface area contributed by atoms with Crippen LogP contribution in [0.5, 0.6) is 0 Å². The second kappa shape index (κ2) is 5.24. The van der Waals surface area contributed by atoms with Crippen molar-refractivity contribution < 1.29 is 0 Å². The second-order valence-corrected chi connectivity index (χ2v) is 4.69. The number of aromatic nitrogens is 4. The van der Waals surface area contributed by atoms with Gasteiger partial charge < -0.3 is 5.32 Å². The molecular weight excluding hydrogens is 266 g/mol. The Labute approximate surface area is 121 Å². The largest absolute Gasteiger partial charge is 0.347 e. The average molecular weight is 281 g/mol. The van der Waals surface area contributed by atoms with E-state index in [0.717, 1.165) is 11.4 Å². The summed E-state index contributed by atoms with van der Waals surface area (Å²) in [5, 5.41) is 3.09. The van der Waals surface area contributed by atoms with E-state index < -0.39 is 0 Å². The number of hydrogen-bond acceptors (Lipinski definition) is 4. The van der Waals surface area contributed by atoms with Crippen molar-refractivity contribution in [3.05, 3.63) is 65.1 Å². The fraction of sp³-hybridized carbons (Fsp3) is 0.133. The first-order chi connectivity index (χ1) is 10.2. The van der Waals surface area contributed by atoms with Crippen LogP contribution in [0.3, 0.4) is 0 Å². The van der Waals surface area contributed by atoms with Crippen molar-refractivity contribution in [3.8, 4) is 5.69 Å². The van der Waals surface area contributed by atoms with Gasteiger partial charge >= 0.3 is 0 Å². The van der Waals surface area contributed by atoms with Crippen LogP contribution in [-0.2, 0) is 7.05 Å². The number of hydrogen-bond donors (Lipinski definition) is 1. The Kier molecular flexibility index (Phi) is 3.27. The van der Waals surface area contributed by atoms with E-state index in [9.17, 15) is 4.79 Å². The number of benzene rings is 1. The van der Waals surface area contributed by atoms with Crippen LogP contribution in [-0.4, -0.2) is 19.3 Å². The van der Waals surface area contributed by atoms with Gasteiger partial charge in [0.15, 0.2) is 0 Å². The number of rotatable bonds is 3. The van der Waals surface area contributed by atoms with Gasteiger partial charge in [0, 0.05) is 7.05 Å². The molecule has 0 aliphatic heterocycles. The fourth-order valence-corrected chi connectivity index (χ4v) is 2.22. The third kappa shape index (κ3) is 2.31. The highest BCUT2D eigenvalue weighted by Gasteiger charge is 2.16. The molecule has 0 saturated carbocycles. The summed E-state index contributed by atoms with van der Waals surface area (Å²) in [6.07, 6.45) is 4.71. The maximum atomic E-state index is 12.7. The summed E-state index contributed by atoms with van der Waals surface area (Å²) < 4.78 is 3.45. The van der Waals surface area contributed by atoms with Gasteiger partial charge in [0.05, 0.1) is 29.5 Å². The first kappa shape index (κ1) is 13.1. The molecule has 0 bridgehead atoms. The summed E-state index contributed by atoms with van der Waals surface area (Å²) in [4.78, 5) is 20.5. The zero-order valence-corrected chi connectivity index (χ0v) is 11.8. The minimum Gasteiger partial charge on any atom is -0.347 e. The maximum absolute atomic E-state index is 12.7. The predicted octanol–water partition coefficient (Wildman–Crippen LogP) is 2.02. The molecule has 106 valence electrons. The van der Waals surface area contributed by atoms with E-state index in [2.05, 4.69) is 15.3 Å². The minimum atomic E-state index is -0.106. The van der Waals surface area contributed by atoms with Gasteiger partial charge in [0.25, 0.3) is 5.56 Å². The molecule has 2 aromatic heterocycles. The molecule has 0 radical (unpaired) electrons. The first-order valence-electron chi connectivity index (χ1n) is 6.54. The van der Waals surface area contributed by atoms with E-state index in [1.54, 1.807) is 17.1 Å². The quantitative estimate of drug-likeness (QED) is 0.797. The second-order valence-electron chi connectivity index (χ2n) is 4.69. The van der Waals surface area contributed by atoms with Crippen LogP contribution in [0, 0.1) is 6.92 Å². The van der Waals surface area contributed by atoms with Gasteiger partial charge in [-0.1, -0.05) is 18.2 Å². The maximum Gasteiger partial charge on any atom is 0.295 e. The molecular formula is C15H15N5O. The van der Waals surface area contributed by atoms with Crippen LogP contribution in [0.1, 0.15) is 5.69 Å². The van der Waals surface area contributed by atoms with Crippen LogP contribution in [0.2, 0.25) is 0 Å². The molecule has 1 N–H and O–H groups in total. The predicted molar refractivity (Wildman–Crippen MR) is 81.1 cm³/mol. The van der Waals surface area contributed by atoms with Crippen molar-refractivity contribution in [3.63, 3.8) is 0 Å². The number of nitrogens with zero attached hydrogens (tertiary/aromatic N) is 4. The van der Waals surface area contributed by atoms with Crippen molar-refractivity contribution in [2.75, 3.05) is 5.32 Å². The Morgan fingerprint density at radius 1 is 1.10 bits per heavy atom. The highest BCUT2D eigenvalue weighted by molar-refractivity contribution is 5.60. The molecule has 1 aromatic carbocycles. The highest BCUT2D eigenvalue weighted by atomic mass is 16.1. The number of anilines is 2. The molecule has 0 amide bonds. The third-order valence-corrected chi connectivity index (χ3v) is 3.38. The minimum absolute atomic E-state index is 0.106. The van der Waals surface area contributed by atoms with Crippen LogP contribution in [0.4, 0.5) is 11.4 Å². The number of para-hydroxylation sites is 1. The third-order valence-electron chi connectivity index (χ3n) is 3.38. The Bertz CT molecular complexity index is 805. The Morgan fingerprint density at radius 3 is 2.43 bits per heavy atom. The van der Waals surface area contributed by atoms with Crippen molar-refractivity contribution in [1.29, 1.82) is 0 Å². The summed E-state index contributed by atoms with van der Waals surface area (Å²) in [6.45, 7) is 1.90. The van der Waals surface area contributed by atoms with Crippen molar-refractivity contribution in [2.24, 2.45) is 7.05 Å². The van der Waals surface area contributed by atoms with Crippen molar-refractivity contribution in [1.82, 2.24) is 19.3 Å². The molecule has 3 aromatic rings. The van der Waals surface area contributed by atoms with E-state index >= 15 is 0 Å². The van der Waals surface area contributed by atoms with Crippen LogP contribution >= 0.6 is 0 Å². The molecule has 0 unspecified atom stereocenters. The van der Waals surface area contributed by atoms with Gasteiger partial charge in [-0.05, 0) is 19.1 Å². The van der Waals surface area contributed by atoms with Crippen molar-refractivity contribution in [2.45, 2.75) is 6.92 Å². The molecule has 6 nitrogen and oxygen atoms in total. The summed E-state index contributed by atoms with van der Waals surface area (Å²) in [6, 6.07) is 9.53. The van der Waals surface area contributed by atoms with Crippen LogP contribution in [0.15, 0.2) is 53.8 Å². The summed E-state index contributed by atoms with van der Waals surface area (Å²) in [5.74, 6) is 0. The summed E-state index contributed by atoms with van der Waals surface area (Å²) in [5.41, 5.74) is 2.77. The van der Waals surface area contributed by atoms with Gasteiger partial charge in [-0.3, -0.25) is 9.48 Å². The average Bonchev–Trinajstić information content (AvgIpc) is 2.73. The van der Waals surface area contributed by atoms with E-state index in [1.807, 2.05) is 49.0 Å². The molecule has 21 heavy (non-hydrogen) atoms. The smallest absolute Gasteiger partial charge is 0.295 e. The zero-order chi connectivity index (χ0) is 14.8. The van der Waals surface area contributed by atoms with Crippen molar-refractivity contribution >= 4 is 11.4 Å². The van der Waals surface area contributed by atoms with E-state index in [1.165, 1.54) is 6.33 Å². The van der Waals surface area contributed by atoms with E-state index in [-0.39, 0.29) is 5.56 Å². The summed E-state index contributed by atoms with van der Waals surface area (Å²) in [7, 11) is 1.86. The lowest BCUT2D eigenvalue weighted by Crippen LogP contribution is -2.20. The van der Waals surface area contributed by atoms with Crippen LogP contribution in [0.25, 0.3) is 5.69 Å². The number of nitrogens with one attached hydrogen (secondary N) is 1. The Hall–Kier alpha value is -2.89. The lowest BCUT2D eigenvalue weighted by molar-refractivity contribution is 0.630. The molecule has 0 aliphatic carbocycles. The standard InChI is InChI=1S/C15H15N5O/c1-11-14(18-12-8-16-10-17-9-12)15(21)20(19(11)2)13-6-4-3-5-7-13/h3-10,18H,1-2H3. The van der Waals surface area contributed by atoms with Gasteiger partial charge in [-0.25, -0.2) is 14.6 Å². The molecule has 0 spiro atoms. The molecule has 0 fully saturated rings. The van der Waals surface area contributed by atoms with Gasteiger partial charge in [-0.15, -0.1) is 0 Å². The van der Waals surface area contributed by atoms with Gasteiger partial charge in [0.2, 0.25) is 0 Å². The summed E-state index contributed by atoms with van der Waals surface area (Å²) >= 11 is 0. The molecule has 0 aliphatic rings. The molecule has 0 atom stereocenters. The van der Waals surface area contributed by atoms with Gasteiger partial charge in [0.1, 0.15) is 12.0 Å². The topological polar surface area (TPSA) is 64.7 Å². The molecule has 2 heterocycles. The highest BCUT2D eigenvalue weighted by Crippen LogP contribution is 2.17. The lowest BCUT2D eigenvalue weighted by atomic mass is 10.3.